The van der Waals surface area contributed by atoms with E-state index in [0.29, 0.717) is 4.48 Å². The zero-order valence-corrected chi connectivity index (χ0v) is 12.4. The van der Waals surface area contributed by atoms with E-state index in [9.17, 15) is 0 Å². The lowest BCUT2D eigenvalue weighted by Gasteiger charge is -2.34. The standard InChI is InChI=1S/C17H20N3O/c1-3-10-20(14-6-8-19-9-7-14)16-5-4-15(21-2)11-13(16)12-17(20)18/h4-9,11-12H,3,10,18H2,1-2H3/q+1. The SMILES string of the molecule is CCC[N+]1(c2ccncc2)C(N)=Cc2cc(OC)ccc21. The van der Waals surface area contributed by atoms with Crippen molar-refractivity contribution in [1.82, 2.24) is 9.47 Å². The van der Waals surface area contributed by atoms with E-state index in [1.54, 1.807) is 7.11 Å². The van der Waals surface area contributed by atoms with Gasteiger partial charge in [-0.1, -0.05) is 6.92 Å². The van der Waals surface area contributed by atoms with Crippen molar-refractivity contribution in [2.24, 2.45) is 5.73 Å². The molecular formula is C17H20N3O+. The molecule has 1 aliphatic heterocycles. The molecule has 0 fully saturated rings. The van der Waals surface area contributed by atoms with Gasteiger partial charge in [-0.25, -0.2) is 4.48 Å². The van der Waals surface area contributed by atoms with Gasteiger partial charge in [0.2, 0.25) is 5.82 Å². The second kappa shape index (κ2) is 5.22. The molecule has 0 radical (unpaired) electrons. The van der Waals surface area contributed by atoms with Crippen LogP contribution in [0, 0.1) is 0 Å². The van der Waals surface area contributed by atoms with Crippen LogP contribution >= 0.6 is 0 Å². The molecule has 4 nitrogen and oxygen atoms in total. The molecule has 2 heterocycles. The minimum Gasteiger partial charge on any atom is -0.497 e. The molecule has 0 saturated carbocycles. The van der Waals surface area contributed by atoms with Gasteiger partial charge in [0, 0.05) is 42.2 Å². The maximum absolute atomic E-state index is 6.45. The van der Waals surface area contributed by atoms with E-state index in [1.807, 2.05) is 42.7 Å². The van der Waals surface area contributed by atoms with Crippen LogP contribution in [0.4, 0.5) is 11.4 Å². The molecule has 1 aromatic heterocycles. The van der Waals surface area contributed by atoms with Crippen molar-refractivity contribution in [3.8, 4) is 5.75 Å². The Morgan fingerprint density at radius 2 is 1.95 bits per heavy atom. The molecule has 1 unspecified atom stereocenters. The largest absolute Gasteiger partial charge is 0.497 e. The van der Waals surface area contributed by atoms with Gasteiger partial charge in [-0.15, -0.1) is 0 Å². The molecule has 0 amide bonds. The fraction of sp³-hybridized carbons (Fsp3) is 0.235. The second-order valence-corrected chi connectivity index (χ2v) is 5.23. The molecule has 0 aliphatic carbocycles. The minimum absolute atomic E-state index is 0.568. The van der Waals surface area contributed by atoms with E-state index in [0.717, 1.165) is 35.8 Å². The molecule has 0 saturated heterocycles. The number of methoxy groups -OCH3 is 1. The van der Waals surface area contributed by atoms with E-state index in [2.05, 4.69) is 18.0 Å². The molecule has 21 heavy (non-hydrogen) atoms. The maximum atomic E-state index is 6.45. The van der Waals surface area contributed by atoms with Crippen molar-refractivity contribution in [2.75, 3.05) is 13.7 Å². The van der Waals surface area contributed by atoms with Gasteiger partial charge < -0.3 is 10.5 Å². The molecule has 4 heteroatoms. The molecule has 1 aromatic carbocycles. The fourth-order valence-electron chi connectivity index (χ4n) is 3.13. The van der Waals surface area contributed by atoms with Gasteiger partial charge in [0.05, 0.1) is 13.7 Å². The minimum atomic E-state index is 0.568. The number of nitrogens with two attached hydrogens (primary N) is 1. The van der Waals surface area contributed by atoms with Crippen LogP contribution in [-0.2, 0) is 0 Å². The smallest absolute Gasteiger partial charge is 0.209 e. The van der Waals surface area contributed by atoms with Gasteiger partial charge in [0.15, 0.2) is 5.69 Å². The molecule has 1 atom stereocenters. The van der Waals surface area contributed by atoms with E-state index < -0.39 is 0 Å². The van der Waals surface area contributed by atoms with Crippen LogP contribution in [-0.4, -0.2) is 18.6 Å². The predicted octanol–water partition coefficient (Wildman–Crippen LogP) is 3.41. The van der Waals surface area contributed by atoms with Gasteiger partial charge in [0.1, 0.15) is 11.4 Å². The lowest BCUT2D eigenvalue weighted by atomic mass is 10.1. The zero-order chi connectivity index (χ0) is 14.9. The van der Waals surface area contributed by atoms with E-state index in [1.165, 1.54) is 5.69 Å². The molecule has 108 valence electrons. The summed E-state index contributed by atoms with van der Waals surface area (Å²) in [7, 11) is 1.68. The Kier molecular flexibility index (Phi) is 3.39. The Bertz CT molecular complexity index is 682. The second-order valence-electron chi connectivity index (χ2n) is 5.23. The highest BCUT2D eigenvalue weighted by Gasteiger charge is 2.42. The fourth-order valence-corrected chi connectivity index (χ4v) is 3.13. The Labute approximate surface area is 125 Å². The summed E-state index contributed by atoms with van der Waals surface area (Å²) in [6.45, 7) is 3.10. The quantitative estimate of drug-likeness (QED) is 0.874. The summed E-state index contributed by atoms with van der Waals surface area (Å²) in [6.07, 6.45) is 6.72. The number of aromatic nitrogens is 1. The third-order valence-electron chi connectivity index (χ3n) is 4.05. The van der Waals surface area contributed by atoms with E-state index in [-0.39, 0.29) is 0 Å². The van der Waals surface area contributed by atoms with Crippen molar-refractivity contribution in [3.05, 3.63) is 54.1 Å². The first-order valence-electron chi connectivity index (χ1n) is 7.17. The van der Waals surface area contributed by atoms with Crippen LogP contribution in [0.15, 0.2) is 48.5 Å². The Morgan fingerprint density at radius 1 is 1.19 bits per heavy atom. The van der Waals surface area contributed by atoms with Gasteiger partial charge >= 0.3 is 0 Å². The number of quaternary nitrogens is 1. The third kappa shape index (κ3) is 1.99. The molecule has 3 rings (SSSR count). The van der Waals surface area contributed by atoms with Crippen molar-refractivity contribution in [1.29, 1.82) is 0 Å². The lowest BCUT2D eigenvalue weighted by Crippen LogP contribution is -2.45. The summed E-state index contributed by atoms with van der Waals surface area (Å²) < 4.78 is 5.89. The number of rotatable bonds is 4. The predicted molar refractivity (Wildman–Crippen MR) is 86.0 cm³/mol. The van der Waals surface area contributed by atoms with Gasteiger partial charge in [-0.05, 0) is 18.6 Å². The highest BCUT2D eigenvalue weighted by molar-refractivity contribution is 5.82. The van der Waals surface area contributed by atoms with E-state index in [4.69, 9.17) is 10.5 Å². The Morgan fingerprint density at radius 3 is 2.62 bits per heavy atom. The van der Waals surface area contributed by atoms with E-state index >= 15 is 0 Å². The van der Waals surface area contributed by atoms with Crippen LogP contribution in [0.25, 0.3) is 6.08 Å². The summed E-state index contributed by atoms with van der Waals surface area (Å²) in [5.41, 5.74) is 9.91. The van der Waals surface area contributed by atoms with Crippen molar-refractivity contribution >= 4 is 17.5 Å². The van der Waals surface area contributed by atoms with Crippen LogP contribution in [0.2, 0.25) is 0 Å². The molecule has 1 aliphatic rings. The summed E-state index contributed by atoms with van der Waals surface area (Å²) in [5, 5.41) is 0. The average molecular weight is 282 g/mol. The molecule has 2 aromatic rings. The maximum Gasteiger partial charge on any atom is 0.209 e. The van der Waals surface area contributed by atoms with Gasteiger partial charge in [-0.2, -0.15) is 0 Å². The first-order valence-corrected chi connectivity index (χ1v) is 7.17. The number of hydrogen-bond acceptors (Lipinski definition) is 3. The number of benzene rings is 1. The zero-order valence-electron chi connectivity index (χ0n) is 12.4. The van der Waals surface area contributed by atoms with Gasteiger partial charge in [-0.3, -0.25) is 4.98 Å². The third-order valence-corrected chi connectivity index (χ3v) is 4.05. The van der Waals surface area contributed by atoms with Gasteiger partial charge in [0.25, 0.3) is 0 Å². The topological polar surface area (TPSA) is 48.1 Å². The van der Waals surface area contributed by atoms with Crippen LogP contribution in [0.1, 0.15) is 18.9 Å². The number of ether oxygens (including phenoxy) is 1. The summed E-state index contributed by atoms with van der Waals surface area (Å²) >= 11 is 0. The van der Waals surface area contributed by atoms with Crippen molar-refractivity contribution in [2.45, 2.75) is 13.3 Å². The molecular weight excluding hydrogens is 262 g/mol. The molecule has 0 bridgehead atoms. The number of fused-ring (bicyclic) bond motifs is 1. The summed E-state index contributed by atoms with van der Waals surface area (Å²) in [5.74, 6) is 1.69. The van der Waals surface area contributed by atoms with Crippen molar-refractivity contribution < 1.29 is 4.74 Å². The molecule has 2 N–H and O–H groups in total. The highest BCUT2D eigenvalue weighted by atomic mass is 16.5. The molecule has 0 spiro atoms. The first-order chi connectivity index (χ1) is 10.2. The van der Waals surface area contributed by atoms with Crippen LogP contribution < -0.4 is 15.0 Å². The Hall–Kier alpha value is -2.33. The number of nitrogens with zero attached hydrogens (tertiary/aromatic N) is 2. The van der Waals surface area contributed by atoms with Crippen molar-refractivity contribution in [3.63, 3.8) is 0 Å². The summed E-state index contributed by atoms with van der Waals surface area (Å²) in [4.78, 5) is 4.13. The van der Waals surface area contributed by atoms with Crippen LogP contribution in [0.5, 0.6) is 5.75 Å². The number of hydrogen-bond donors (Lipinski definition) is 1. The lowest BCUT2D eigenvalue weighted by molar-refractivity contribution is 0.414. The Balaban J connectivity index is 2.22. The normalized spacial score (nSPS) is 20.0. The van der Waals surface area contributed by atoms with Crippen LogP contribution in [0.3, 0.4) is 0 Å². The first kappa shape index (κ1) is 13.6. The average Bonchev–Trinajstić information content (AvgIpc) is 2.80. The summed E-state index contributed by atoms with van der Waals surface area (Å²) in [6, 6.07) is 10.2. The monoisotopic (exact) mass is 282 g/mol. The number of pyridine rings is 1. The highest BCUT2D eigenvalue weighted by Crippen LogP contribution is 2.46.